The Bertz CT molecular complexity index is 1220. The van der Waals surface area contributed by atoms with Gasteiger partial charge in [-0.05, 0) is 54.3 Å². The van der Waals surface area contributed by atoms with E-state index in [1.165, 1.54) is 0 Å². The Morgan fingerprint density at radius 3 is 2.29 bits per heavy atom. The lowest BCUT2D eigenvalue weighted by atomic mass is 10.0. The molecule has 3 aromatic carbocycles. The van der Waals surface area contributed by atoms with Crippen molar-refractivity contribution in [2.24, 2.45) is 0 Å². The zero-order valence-corrected chi connectivity index (χ0v) is 20.5. The van der Waals surface area contributed by atoms with Gasteiger partial charge in [-0.25, -0.2) is 8.42 Å². The third-order valence-corrected chi connectivity index (χ3v) is 5.96. The predicted octanol–water partition coefficient (Wildman–Crippen LogP) is 4.74. The summed E-state index contributed by atoms with van der Waals surface area (Å²) in [5.74, 6) is 0.699. The van der Waals surface area contributed by atoms with E-state index in [1.807, 2.05) is 66.4 Å². The molecule has 6 nitrogen and oxygen atoms in total. The first-order valence-corrected chi connectivity index (χ1v) is 12.9. The number of sulfonamides is 1. The molecule has 0 bridgehead atoms. The zero-order valence-electron chi connectivity index (χ0n) is 19.6. The summed E-state index contributed by atoms with van der Waals surface area (Å²) in [6.07, 6.45) is 5.05. The van der Waals surface area contributed by atoms with Gasteiger partial charge in [0.05, 0.1) is 13.4 Å². The maximum atomic E-state index is 13.3. The Hall–Kier alpha value is -3.58. The molecule has 0 spiro atoms. The second-order valence-electron chi connectivity index (χ2n) is 8.15. The van der Waals surface area contributed by atoms with Gasteiger partial charge in [0.1, 0.15) is 5.75 Å². The molecule has 0 aliphatic rings. The van der Waals surface area contributed by atoms with Crippen LogP contribution in [0.15, 0.2) is 84.9 Å². The molecule has 0 fully saturated rings. The number of nitrogens with one attached hydrogen (secondary N) is 1. The average Bonchev–Trinajstić information content (AvgIpc) is 2.82. The number of para-hydroxylation sites is 1. The summed E-state index contributed by atoms with van der Waals surface area (Å²) in [4.78, 5) is 15.1. The molecule has 0 heterocycles. The Morgan fingerprint density at radius 1 is 1.00 bits per heavy atom. The molecule has 0 radical (unpaired) electrons. The van der Waals surface area contributed by atoms with Gasteiger partial charge in [0.2, 0.25) is 15.9 Å². The molecule has 3 aromatic rings. The second-order valence-corrected chi connectivity index (χ2v) is 9.89. The number of methoxy groups -OCH3 is 1. The van der Waals surface area contributed by atoms with Crippen LogP contribution >= 0.6 is 0 Å². The van der Waals surface area contributed by atoms with E-state index in [1.54, 1.807) is 43.5 Å². The molecule has 1 unspecified atom stereocenters. The molecule has 0 aliphatic heterocycles. The largest absolute Gasteiger partial charge is 0.496 e. The van der Waals surface area contributed by atoms with Crippen LogP contribution in [0.4, 0.5) is 5.69 Å². The smallest absolute Gasteiger partial charge is 0.247 e. The van der Waals surface area contributed by atoms with Gasteiger partial charge in [0, 0.05) is 24.4 Å². The number of anilines is 1. The summed E-state index contributed by atoms with van der Waals surface area (Å²) in [5, 5.41) is 0. The van der Waals surface area contributed by atoms with Gasteiger partial charge in [-0.3, -0.25) is 9.52 Å². The van der Waals surface area contributed by atoms with Crippen molar-refractivity contribution in [3.63, 3.8) is 0 Å². The highest BCUT2D eigenvalue weighted by atomic mass is 32.2. The number of hydrogen-bond acceptors (Lipinski definition) is 4. The maximum Gasteiger partial charge on any atom is 0.247 e. The van der Waals surface area contributed by atoms with E-state index in [9.17, 15) is 13.2 Å². The highest BCUT2D eigenvalue weighted by Gasteiger charge is 2.20. The standard InChI is InChI=1S/C27H30N2O4S/c1-21(19-24-11-7-8-12-26(24)33-2)29(20-23-9-5-4-6-10-23)27(30)18-15-22-13-16-25(17-14-22)28-34(3,31)32/h4-18,21,28H,19-20H2,1-3H3/b18-15+. The minimum absolute atomic E-state index is 0.0741. The number of ether oxygens (including phenoxy) is 1. The van der Waals surface area contributed by atoms with Gasteiger partial charge < -0.3 is 9.64 Å². The third-order valence-electron chi connectivity index (χ3n) is 5.35. The summed E-state index contributed by atoms with van der Waals surface area (Å²) in [7, 11) is -1.69. The molecule has 178 valence electrons. The molecule has 7 heteroatoms. The summed E-state index contributed by atoms with van der Waals surface area (Å²) >= 11 is 0. The van der Waals surface area contributed by atoms with Crippen molar-refractivity contribution in [2.75, 3.05) is 18.1 Å². The second kappa shape index (κ2) is 11.5. The third kappa shape index (κ3) is 7.49. The minimum Gasteiger partial charge on any atom is -0.496 e. The van der Waals surface area contributed by atoms with E-state index in [2.05, 4.69) is 4.72 Å². The molecule has 0 saturated carbocycles. The van der Waals surface area contributed by atoms with E-state index < -0.39 is 10.0 Å². The first-order chi connectivity index (χ1) is 16.2. The van der Waals surface area contributed by atoms with Crippen molar-refractivity contribution in [1.29, 1.82) is 0 Å². The number of hydrogen-bond donors (Lipinski definition) is 1. The first-order valence-electron chi connectivity index (χ1n) is 11.0. The van der Waals surface area contributed by atoms with Crippen molar-refractivity contribution >= 4 is 27.7 Å². The van der Waals surface area contributed by atoms with Crippen LogP contribution in [0.2, 0.25) is 0 Å². The van der Waals surface area contributed by atoms with Crippen molar-refractivity contribution in [3.8, 4) is 5.75 Å². The quantitative estimate of drug-likeness (QED) is 0.427. The van der Waals surface area contributed by atoms with Crippen LogP contribution in [0.25, 0.3) is 6.08 Å². The Kier molecular flexibility index (Phi) is 8.49. The molecule has 1 amide bonds. The molecule has 1 N–H and O–H groups in total. The van der Waals surface area contributed by atoms with Crippen molar-refractivity contribution < 1.29 is 17.9 Å². The molecule has 0 aliphatic carbocycles. The van der Waals surface area contributed by atoms with Crippen LogP contribution in [-0.2, 0) is 27.8 Å². The molecular formula is C27H30N2O4S. The first kappa shape index (κ1) is 25.1. The lowest BCUT2D eigenvalue weighted by molar-refractivity contribution is -0.128. The normalized spacial score (nSPS) is 12.3. The fraction of sp³-hybridized carbons (Fsp3) is 0.222. The molecule has 1 atom stereocenters. The lowest BCUT2D eigenvalue weighted by Crippen LogP contribution is -2.38. The van der Waals surface area contributed by atoms with Crippen LogP contribution in [0.5, 0.6) is 5.75 Å². The number of carbonyl (C=O) groups is 1. The minimum atomic E-state index is -3.33. The Morgan fingerprint density at radius 2 is 1.65 bits per heavy atom. The molecule has 34 heavy (non-hydrogen) atoms. The SMILES string of the molecule is COc1ccccc1CC(C)N(Cc1ccccc1)C(=O)/C=C/c1ccc(NS(C)(=O)=O)cc1. The van der Waals surface area contributed by atoms with Gasteiger partial charge in [0.15, 0.2) is 0 Å². The van der Waals surface area contributed by atoms with Crippen LogP contribution in [0.1, 0.15) is 23.6 Å². The summed E-state index contributed by atoms with van der Waals surface area (Å²) in [6, 6.07) is 24.5. The summed E-state index contributed by atoms with van der Waals surface area (Å²) < 4.78 is 30.7. The lowest BCUT2D eigenvalue weighted by Gasteiger charge is -2.29. The van der Waals surface area contributed by atoms with Crippen LogP contribution in [0.3, 0.4) is 0 Å². The number of benzene rings is 3. The van der Waals surface area contributed by atoms with E-state index in [-0.39, 0.29) is 11.9 Å². The van der Waals surface area contributed by atoms with Gasteiger partial charge in [0.25, 0.3) is 0 Å². The molecule has 0 saturated heterocycles. The Labute approximate surface area is 201 Å². The number of amides is 1. The van der Waals surface area contributed by atoms with Crippen LogP contribution in [0, 0.1) is 0 Å². The van der Waals surface area contributed by atoms with Crippen LogP contribution in [-0.4, -0.2) is 38.6 Å². The molecular weight excluding hydrogens is 448 g/mol. The van der Waals surface area contributed by atoms with E-state index in [4.69, 9.17) is 4.74 Å². The summed E-state index contributed by atoms with van der Waals surface area (Å²) in [6.45, 7) is 2.52. The van der Waals surface area contributed by atoms with E-state index in [0.717, 1.165) is 28.7 Å². The van der Waals surface area contributed by atoms with Crippen molar-refractivity contribution in [1.82, 2.24) is 4.90 Å². The number of carbonyl (C=O) groups excluding carboxylic acids is 1. The topological polar surface area (TPSA) is 75.7 Å². The van der Waals surface area contributed by atoms with E-state index in [0.29, 0.717) is 18.7 Å². The van der Waals surface area contributed by atoms with Crippen molar-refractivity contribution in [3.05, 3.63) is 102 Å². The molecule has 0 aromatic heterocycles. The monoisotopic (exact) mass is 478 g/mol. The highest BCUT2D eigenvalue weighted by molar-refractivity contribution is 7.92. The molecule has 3 rings (SSSR count). The van der Waals surface area contributed by atoms with Gasteiger partial charge in [-0.1, -0.05) is 60.7 Å². The van der Waals surface area contributed by atoms with E-state index >= 15 is 0 Å². The number of rotatable bonds is 10. The maximum absolute atomic E-state index is 13.3. The zero-order chi connectivity index (χ0) is 24.6. The Balaban J connectivity index is 1.78. The fourth-order valence-corrected chi connectivity index (χ4v) is 4.23. The van der Waals surface area contributed by atoms with Crippen LogP contribution < -0.4 is 9.46 Å². The predicted molar refractivity (Wildman–Crippen MR) is 137 cm³/mol. The highest BCUT2D eigenvalue weighted by Crippen LogP contribution is 2.22. The van der Waals surface area contributed by atoms with Gasteiger partial charge >= 0.3 is 0 Å². The van der Waals surface area contributed by atoms with Gasteiger partial charge in [-0.15, -0.1) is 0 Å². The average molecular weight is 479 g/mol. The fourth-order valence-electron chi connectivity index (χ4n) is 3.67. The van der Waals surface area contributed by atoms with Gasteiger partial charge in [-0.2, -0.15) is 0 Å². The summed E-state index contributed by atoms with van der Waals surface area (Å²) in [5.41, 5.74) is 3.36. The van der Waals surface area contributed by atoms with Crippen molar-refractivity contribution in [2.45, 2.75) is 25.9 Å². The number of nitrogens with zero attached hydrogens (tertiary/aromatic N) is 1.